The number of guanidine groups is 1. The van der Waals surface area contributed by atoms with E-state index in [1.807, 2.05) is 0 Å². The van der Waals surface area contributed by atoms with Crippen molar-refractivity contribution in [2.24, 2.45) is 4.99 Å². The van der Waals surface area contributed by atoms with Crippen molar-refractivity contribution < 1.29 is 28.2 Å². The van der Waals surface area contributed by atoms with Gasteiger partial charge in [0, 0.05) is 13.1 Å². The predicted molar refractivity (Wildman–Crippen MR) is 107 cm³/mol. The normalized spacial score (nSPS) is 17.0. The number of hydrogen-bond acceptors (Lipinski definition) is 9. The van der Waals surface area contributed by atoms with Crippen molar-refractivity contribution in [1.82, 2.24) is 25.5 Å². The van der Waals surface area contributed by atoms with E-state index in [1.54, 1.807) is 20.8 Å². The van der Waals surface area contributed by atoms with Crippen LogP contribution in [0.25, 0.3) is 0 Å². The van der Waals surface area contributed by atoms with Crippen LogP contribution in [0.4, 0.5) is 14.4 Å². The Bertz CT molecular complexity index is 569. The summed E-state index contributed by atoms with van der Waals surface area (Å²) in [7, 11) is 9.08. The first kappa shape index (κ1) is 24.4. The maximum Gasteiger partial charge on any atom is 0.417 e. The van der Waals surface area contributed by atoms with Crippen LogP contribution >= 0.6 is 17.9 Å². The van der Waals surface area contributed by atoms with Gasteiger partial charge in [-0.05, 0) is 27.2 Å². The van der Waals surface area contributed by atoms with E-state index in [0.29, 0.717) is 13.0 Å². The van der Waals surface area contributed by atoms with Crippen LogP contribution in [0.2, 0.25) is 0 Å². The largest absolute Gasteiger partial charge is 0.444 e. The molecule has 4 N–H and O–H groups in total. The van der Waals surface area contributed by atoms with Crippen molar-refractivity contribution in [3.05, 3.63) is 0 Å². The molecule has 3 atom stereocenters. The number of ether oxygens (including phenoxy) is 1. The number of carbonyl (C=O) groups is 3. The lowest BCUT2D eigenvalue weighted by atomic mass is 10.2. The molecule has 28 heavy (non-hydrogen) atoms. The number of carbonyl (C=O) groups excluding carboxylic acids is 3. The highest BCUT2D eigenvalue weighted by Crippen LogP contribution is 2.17. The summed E-state index contributed by atoms with van der Waals surface area (Å²) >= 11 is 0. The molecule has 0 bridgehead atoms. The summed E-state index contributed by atoms with van der Waals surface area (Å²) in [6.45, 7) is 5.99. The van der Waals surface area contributed by atoms with Crippen LogP contribution in [-0.2, 0) is 13.8 Å². The van der Waals surface area contributed by atoms with Gasteiger partial charge in [0.2, 0.25) is 5.96 Å². The summed E-state index contributed by atoms with van der Waals surface area (Å²) in [5, 5.41) is 4.55. The maximum atomic E-state index is 12.1. The highest BCUT2D eigenvalue weighted by molar-refractivity contribution is 7.32. The Morgan fingerprint density at radius 1 is 1.07 bits per heavy atom. The van der Waals surface area contributed by atoms with E-state index in [4.69, 9.17) is 29.7 Å². The predicted octanol–water partition coefficient (Wildman–Crippen LogP) is 0.167. The fourth-order valence-electron chi connectivity index (χ4n) is 2.01. The molecule has 1 aliphatic heterocycles. The number of rotatable bonds is 5. The SMILES string of the molecule is [B]NPOC(=O)NC(=N[C@@H]1CCN(C(=O)OC(C)(C)C)C1)NC(=O)OPN[B]. The van der Waals surface area contributed by atoms with Crippen molar-refractivity contribution in [1.29, 1.82) is 0 Å². The Labute approximate surface area is 169 Å². The third kappa shape index (κ3) is 10.1. The van der Waals surface area contributed by atoms with E-state index >= 15 is 0 Å². The lowest BCUT2D eigenvalue weighted by Crippen LogP contribution is -2.44. The molecule has 2 unspecified atom stereocenters. The Morgan fingerprint density at radius 3 is 2.07 bits per heavy atom. The second-order valence-corrected chi connectivity index (χ2v) is 7.76. The molecule has 152 valence electrons. The number of nitrogens with zero attached hydrogens (tertiary/aromatic N) is 2. The molecule has 16 heteroatoms. The smallest absolute Gasteiger partial charge is 0.417 e. The van der Waals surface area contributed by atoms with Gasteiger partial charge in [-0.25, -0.2) is 19.4 Å². The van der Waals surface area contributed by atoms with Crippen LogP contribution in [0.15, 0.2) is 4.99 Å². The molecule has 1 rings (SSSR count). The van der Waals surface area contributed by atoms with Crippen LogP contribution in [0.1, 0.15) is 27.2 Å². The molecular weight excluding hydrogens is 408 g/mol. The fourth-order valence-corrected chi connectivity index (χ4v) is 2.42. The van der Waals surface area contributed by atoms with E-state index in [1.165, 1.54) is 4.90 Å². The molecule has 0 aliphatic carbocycles. The highest BCUT2D eigenvalue weighted by Gasteiger charge is 2.30. The first-order chi connectivity index (χ1) is 13.1. The molecule has 0 aromatic carbocycles. The zero-order valence-corrected chi connectivity index (χ0v) is 17.7. The lowest BCUT2D eigenvalue weighted by Gasteiger charge is -2.24. The summed E-state index contributed by atoms with van der Waals surface area (Å²) in [6.07, 6.45) is -1.74. The summed E-state index contributed by atoms with van der Waals surface area (Å²) in [5.41, 5.74) is -0.615. The van der Waals surface area contributed by atoms with E-state index in [2.05, 4.69) is 25.6 Å². The second-order valence-electron chi connectivity index (χ2n) is 6.37. The zero-order valence-electron chi connectivity index (χ0n) is 15.7. The van der Waals surface area contributed by atoms with Crippen LogP contribution < -0.4 is 20.6 Å². The molecule has 0 aromatic rings. The molecule has 1 fully saturated rings. The third-order valence-electron chi connectivity index (χ3n) is 2.97. The van der Waals surface area contributed by atoms with Crippen LogP contribution in [-0.4, -0.2) is 69.8 Å². The minimum absolute atomic E-state index is 0.199. The summed E-state index contributed by atoms with van der Waals surface area (Å²) in [5.74, 6) is -0.199. The van der Waals surface area contributed by atoms with Gasteiger partial charge in [0.1, 0.15) is 23.5 Å². The van der Waals surface area contributed by atoms with Gasteiger partial charge in [-0.2, -0.15) is 0 Å². The monoisotopic (exact) mass is 430 g/mol. The molecule has 1 heterocycles. The summed E-state index contributed by atoms with van der Waals surface area (Å²) in [6, 6.07) is -0.381. The van der Waals surface area contributed by atoms with Gasteiger partial charge in [0.05, 0.1) is 6.04 Å². The Morgan fingerprint density at radius 2 is 1.61 bits per heavy atom. The summed E-state index contributed by atoms with van der Waals surface area (Å²) < 4.78 is 14.7. The standard InChI is InChI=1S/C12H22B2N6O6P2/c1-12(2,3)24-11(23)20-5-4-7(6-20)15-8(16-9(21)25-27-18-13)17-10(22)26-28-19-14/h7,18-19,27-28H,4-6H2,1-3H3,(H2,15,16,17,21,22)/t7-/m1/s1. The van der Waals surface area contributed by atoms with Crippen LogP contribution in [0.5, 0.6) is 0 Å². The van der Waals surface area contributed by atoms with Gasteiger partial charge in [0.25, 0.3) is 0 Å². The molecule has 4 radical (unpaired) electrons. The molecule has 0 aromatic heterocycles. The number of hydrogen-bond donors (Lipinski definition) is 4. The number of aliphatic imine (C=N–C) groups is 1. The molecule has 12 nitrogen and oxygen atoms in total. The van der Waals surface area contributed by atoms with Crippen molar-refractivity contribution in [3.8, 4) is 0 Å². The first-order valence-electron chi connectivity index (χ1n) is 8.07. The molecule has 0 saturated carbocycles. The maximum absolute atomic E-state index is 12.1. The van der Waals surface area contributed by atoms with Gasteiger partial charge >= 0.3 is 18.3 Å². The van der Waals surface area contributed by atoms with Crippen molar-refractivity contribution in [2.75, 3.05) is 13.1 Å². The average molecular weight is 430 g/mol. The first-order valence-corrected chi connectivity index (χ1v) is 9.89. The van der Waals surface area contributed by atoms with Gasteiger partial charge in [-0.3, -0.25) is 10.6 Å². The van der Waals surface area contributed by atoms with E-state index in [-0.39, 0.29) is 18.5 Å². The van der Waals surface area contributed by atoms with Gasteiger partial charge < -0.3 is 28.7 Å². The Balaban J connectivity index is 2.73. The average Bonchev–Trinajstić information content (AvgIpc) is 3.05. The molecule has 0 spiro atoms. The minimum atomic E-state index is -0.892. The fraction of sp³-hybridized carbons (Fsp3) is 0.667. The molecule has 1 aliphatic rings. The van der Waals surface area contributed by atoms with Gasteiger partial charge in [-0.1, -0.05) is 0 Å². The second kappa shape index (κ2) is 12.1. The van der Waals surface area contributed by atoms with Crippen molar-refractivity contribution >= 4 is 58.1 Å². The van der Waals surface area contributed by atoms with E-state index in [9.17, 15) is 14.4 Å². The quantitative estimate of drug-likeness (QED) is 0.159. The molecule has 3 amide bonds. The highest BCUT2D eigenvalue weighted by atomic mass is 31.1. The minimum Gasteiger partial charge on any atom is -0.444 e. The summed E-state index contributed by atoms with van der Waals surface area (Å²) in [4.78, 5) is 45.6. The van der Waals surface area contributed by atoms with E-state index < -0.39 is 41.8 Å². The van der Waals surface area contributed by atoms with Gasteiger partial charge in [0.15, 0.2) is 16.0 Å². The Hall–Kier alpha value is -1.61. The Kier molecular flexibility index (Phi) is 10.5. The number of nitrogens with one attached hydrogen (secondary N) is 4. The number of amides is 3. The van der Waals surface area contributed by atoms with Crippen LogP contribution in [0.3, 0.4) is 0 Å². The van der Waals surface area contributed by atoms with Crippen molar-refractivity contribution in [2.45, 2.75) is 38.8 Å². The third-order valence-corrected chi connectivity index (χ3v) is 3.78. The molecule has 1 saturated heterocycles. The van der Waals surface area contributed by atoms with Crippen molar-refractivity contribution in [3.63, 3.8) is 0 Å². The topological polar surface area (TPSA) is 143 Å². The number of likely N-dealkylation sites (tertiary alicyclic amines) is 1. The lowest BCUT2D eigenvalue weighted by molar-refractivity contribution is 0.0292. The zero-order chi connectivity index (χ0) is 21.2. The van der Waals surface area contributed by atoms with Gasteiger partial charge in [-0.15, -0.1) is 0 Å². The molecular formula is C12H22B2N6O6P2. The van der Waals surface area contributed by atoms with E-state index in [0.717, 1.165) is 0 Å². The van der Waals surface area contributed by atoms with Crippen LogP contribution in [0, 0.1) is 0 Å².